The van der Waals surface area contributed by atoms with Crippen molar-refractivity contribution in [1.29, 1.82) is 0 Å². The van der Waals surface area contributed by atoms with E-state index in [-0.39, 0.29) is 5.91 Å². The largest absolute Gasteiger partial charge is 0.344 e. The molecule has 0 aliphatic carbocycles. The Labute approximate surface area is 101 Å². The zero-order chi connectivity index (χ0) is 12.6. The van der Waals surface area contributed by atoms with Crippen LogP contribution in [0.2, 0.25) is 0 Å². The molecule has 2 heterocycles. The van der Waals surface area contributed by atoms with Gasteiger partial charge in [-0.25, -0.2) is 0 Å². The first-order valence-corrected chi connectivity index (χ1v) is 5.92. The Morgan fingerprint density at radius 1 is 1.41 bits per heavy atom. The number of hydrogen-bond donors (Lipinski definition) is 0. The van der Waals surface area contributed by atoms with E-state index in [1.165, 1.54) is 0 Å². The Morgan fingerprint density at radius 3 is 2.65 bits per heavy atom. The van der Waals surface area contributed by atoms with Gasteiger partial charge in [-0.2, -0.15) is 0 Å². The predicted octanol–water partition coefficient (Wildman–Crippen LogP) is 1.71. The van der Waals surface area contributed by atoms with Gasteiger partial charge < -0.3 is 9.47 Å². The van der Waals surface area contributed by atoms with Crippen LogP contribution < -0.4 is 0 Å². The van der Waals surface area contributed by atoms with Gasteiger partial charge in [-0.05, 0) is 26.3 Å². The van der Waals surface area contributed by atoms with E-state index in [1.807, 2.05) is 27.0 Å². The smallest absolute Gasteiger partial charge is 0.222 e. The maximum absolute atomic E-state index is 11.5. The van der Waals surface area contributed by atoms with Crippen LogP contribution >= 0.6 is 0 Å². The lowest BCUT2D eigenvalue weighted by molar-refractivity contribution is -0.132. The van der Waals surface area contributed by atoms with Gasteiger partial charge in [0.25, 0.3) is 0 Å². The molecule has 0 radical (unpaired) electrons. The minimum Gasteiger partial charge on any atom is -0.344 e. The fourth-order valence-electron chi connectivity index (χ4n) is 2.68. The zero-order valence-corrected chi connectivity index (χ0v) is 10.6. The molecule has 92 valence electrons. The summed E-state index contributed by atoms with van der Waals surface area (Å²) >= 11 is 0. The average Bonchev–Trinajstić information content (AvgIpc) is 2.58. The van der Waals surface area contributed by atoms with Gasteiger partial charge >= 0.3 is 0 Å². The van der Waals surface area contributed by atoms with Crippen molar-refractivity contribution in [2.75, 3.05) is 13.6 Å². The number of rotatable bonds is 2. The molecule has 1 aliphatic rings. The fraction of sp³-hybridized carbons (Fsp3) is 0.538. The molecule has 1 fully saturated rings. The van der Waals surface area contributed by atoms with E-state index in [1.54, 1.807) is 4.90 Å². The number of aryl methyl sites for hydroxylation is 1. The van der Waals surface area contributed by atoms with Crippen LogP contribution in [0.5, 0.6) is 0 Å². The maximum Gasteiger partial charge on any atom is 0.222 e. The molecular formula is C13H18N2O2. The number of carbonyl (C=O) groups is 2. The maximum atomic E-state index is 11.5. The molecule has 0 aromatic carbocycles. The van der Waals surface area contributed by atoms with Crippen LogP contribution in [-0.2, 0) is 4.79 Å². The van der Waals surface area contributed by atoms with Crippen molar-refractivity contribution < 1.29 is 9.59 Å². The first kappa shape index (κ1) is 11.9. The minimum atomic E-state index is 0.208. The van der Waals surface area contributed by atoms with Gasteiger partial charge in [-0.15, -0.1) is 0 Å². The topological polar surface area (TPSA) is 42.3 Å². The van der Waals surface area contributed by atoms with Crippen LogP contribution in [0.3, 0.4) is 0 Å². The molecule has 1 atom stereocenters. The Kier molecular flexibility index (Phi) is 3.05. The van der Waals surface area contributed by atoms with Gasteiger partial charge in [0.1, 0.15) is 0 Å². The van der Waals surface area contributed by atoms with Gasteiger partial charge in [0.15, 0.2) is 6.29 Å². The first-order chi connectivity index (χ1) is 8.04. The zero-order valence-electron chi connectivity index (χ0n) is 10.6. The number of amides is 1. The van der Waals surface area contributed by atoms with E-state index < -0.39 is 0 Å². The third-order valence-electron chi connectivity index (χ3n) is 3.62. The van der Waals surface area contributed by atoms with Crippen LogP contribution in [0.15, 0.2) is 6.07 Å². The van der Waals surface area contributed by atoms with Gasteiger partial charge in [0.05, 0.1) is 6.04 Å². The molecule has 4 nitrogen and oxygen atoms in total. The van der Waals surface area contributed by atoms with Crippen LogP contribution in [0.25, 0.3) is 0 Å². The Hall–Kier alpha value is -1.58. The van der Waals surface area contributed by atoms with E-state index in [0.29, 0.717) is 12.5 Å². The highest BCUT2D eigenvalue weighted by molar-refractivity contribution is 5.78. The van der Waals surface area contributed by atoms with Gasteiger partial charge in [-0.1, -0.05) is 0 Å². The molecule has 1 aromatic heterocycles. The summed E-state index contributed by atoms with van der Waals surface area (Å²) in [7, 11) is 1.84. The number of hydrogen-bond acceptors (Lipinski definition) is 2. The number of aldehydes is 1. The molecule has 0 N–H and O–H groups in total. The summed E-state index contributed by atoms with van der Waals surface area (Å²) in [5.41, 5.74) is 2.85. The number of carbonyl (C=O) groups excluding carboxylic acids is 2. The quantitative estimate of drug-likeness (QED) is 0.731. The first-order valence-electron chi connectivity index (χ1n) is 5.92. The third kappa shape index (κ3) is 1.99. The average molecular weight is 234 g/mol. The van der Waals surface area contributed by atoms with Gasteiger partial charge in [0.2, 0.25) is 5.91 Å². The second-order valence-corrected chi connectivity index (χ2v) is 4.78. The molecular weight excluding hydrogens is 216 g/mol. The second-order valence-electron chi connectivity index (χ2n) is 4.78. The third-order valence-corrected chi connectivity index (χ3v) is 3.62. The molecule has 0 saturated carbocycles. The van der Waals surface area contributed by atoms with E-state index >= 15 is 0 Å². The van der Waals surface area contributed by atoms with E-state index in [0.717, 1.165) is 36.2 Å². The predicted molar refractivity (Wildman–Crippen MR) is 65.2 cm³/mol. The lowest BCUT2D eigenvalue weighted by atomic mass is 10.0. The highest BCUT2D eigenvalue weighted by Crippen LogP contribution is 2.26. The van der Waals surface area contributed by atoms with Gasteiger partial charge in [0, 0.05) is 37.0 Å². The molecule has 1 unspecified atom stereocenters. The fourth-order valence-corrected chi connectivity index (χ4v) is 2.68. The van der Waals surface area contributed by atoms with Crippen molar-refractivity contribution in [2.45, 2.75) is 32.7 Å². The number of nitrogens with zero attached hydrogens (tertiary/aromatic N) is 2. The van der Waals surface area contributed by atoms with Gasteiger partial charge in [-0.3, -0.25) is 9.59 Å². The summed E-state index contributed by atoms with van der Waals surface area (Å²) in [6, 6.07) is 2.21. The van der Waals surface area contributed by atoms with Crippen LogP contribution in [-0.4, -0.2) is 35.3 Å². The standard InChI is InChI=1S/C13H18N2O2/c1-9-6-11(8-16)10(2)15(9)12-4-5-13(17)14(3)7-12/h6,8,12H,4-5,7H2,1-3H3. The Bertz CT molecular complexity index is 462. The highest BCUT2D eigenvalue weighted by atomic mass is 16.2. The summed E-state index contributed by atoms with van der Waals surface area (Å²) in [6.07, 6.45) is 2.35. The van der Waals surface area contributed by atoms with Crippen molar-refractivity contribution in [3.63, 3.8) is 0 Å². The number of piperidine rings is 1. The second kappa shape index (κ2) is 4.35. The summed E-state index contributed by atoms with van der Waals surface area (Å²) in [5, 5.41) is 0. The molecule has 0 spiro atoms. The van der Waals surface area contributed by atoms with Crippen molar-refractivity contribution in [1.82, 2.24) is 9.47 Å². The highest BCUT2D eigenvalue weighted by Gasteiger charge is 2.26. The van der Waals surface area contributed by atoms with Crippen LogP contribution in [0.4, 0.5) is 0 Å². The normalized spacial score (nSPS) is 20.8. The Morgan fingerprint density at radius 2 is 2.12 bits per heavy atom. The van der Waals surface area contributed by atoms with Crippen molar-refractivity contribution in [3.8, 4) is 0 Å². The molecule has 1 saturated heterocycles. The number of aromatic nitrogens is 1. The molecule has 17 heavy (non-hydrogen) atoms. The molecule has 0 bridgehead atoms. The molecule has 1 aromatic rings. The SMILES string of the molecule is Cc1cc(C=O)c(C)n1C1CCC(=O)N(C)C1. The lowest BCUT2D eigenvalue weighted by Crippen LogP contribution is -2.38. The van der Waals surface area contributed by atoms with Crippen molar-refractivity contribution >= 4 is 12.2 Å². The van der Waals surface area contributed by atoms with Crippen molar-refractivity contribution in [2.24, 2.45) is 0 Å². The molecule has 1 aliphatic heterocycles. The van der Waals surface area contributed by atoms with E-state index in [4.69, 9.17) is 0 Å². The monoisotopic (exact) mass is 234 g/mol. The van der Waals surface area contributed by atoms with Crippen molar-refractivity contribution in [3.05, 3.63) is 23.0 Å². The summed E-state index contributed by atoms with van der Waals surface area (Å²) in [6.45, 7) is 4.71. The number of likely N-dealkylation sites (N-methyl/N-ethyl adjacent to an activating group) is 1. The minimum absolute atomic E-state index is 0.208. The summed E-state index contributed by atoms with van der Waals surface area (Å²) < 4.78 is 2.19. The van der Waals surface area contributed by atoms with Crippen LogP contribution in [0.1, 0.15) is 40.6 Å². The summed E-state index contributed by atoms with van der Waals surface area (Å²) in [5.74, 6) is 0.208. The Balaban J connectivity index is 2.31. The molecule has 4 heteroatoms. The lowest BCUT2D eigenvalue weighted by Gasteiger charge is -2.32. The van der Waals surface area contributed by atoms with E-state index in [9.17, 15) is 9.59 Å². The van der Waals surface area contributed by atoms with E-state index in [2.05, 4.69) is 4.57 Å². The summed E-state index contributed by atoms with van der Waals surface area (Å²) in [4.78, 5) is 24.1. The molecule has 2 rings (SSSR count). The number of likely N-dealkylation sites (tertiary alicyclic amines) is 1. The van der Waals surface area contributed by atoms with Crippen LogP contribution in [0, 0.1) is 13.8 Å². The molecule has 1 amide bonds.